The fourth-order valence-electron chi connectivity index (χ4n) is 1.62. The summed E-state index contributed by atoms with van der Waals surface area (Å²) in [5.41, 5.74) is 7.27. The Labute approximate surface area is 90.2 Å². The van der Waals surface area contributed by atoms with Crippen molar-refractivity contribution in [1.29, 1.82) is 0 Å². The largest absolute Gasteiger partial charge is 0.376 e. The molecule has 2 N–H and O–H groups in total. The molecule has 1 aliphatic heterocycles. The maximum absolute atomic E-state index is 6.10. The van der Waals surface area contributed by atoms with E-state index in [1.54, 1.807) is 11.3 Å². The van der Waals surface area contributed by atoms with E-state index in [1.807, 2.05) is 0 Å². The van der Waals surface area contributed by atoms with Crippen LogP contribution in [0.1, 0.15) is 24.4 Å². The first-order valence-electron chi connectivity index (χ1n) is 4.38. The quantitative estimate of drug-likeness (QED) is 0.889. The Hall–Kier alpha value is 0.1000. The van der Waals surface area contributed by atoms with E-state index >= 15 is 0 Å². The van der Waals surface area contributed by atoms with Gasteiger partial charge >= 0.3 is 0 Å². The minimum Gasteiger partial charge on any atom is -0.376 e. The van der Waals surface area contributed by atoms with Crippen LogP contribution in [0.15, 0.2) is 15.2 Å². The van der Waals surface area contributed by atoms with Crippen molar-refractivity contribution in [1.82, 2.24) is 0 Å². The molecule has 0 aliphatic carbocycles. The van der Waals surface area contributed by atoms with Gasteiger partial charge in [0.15, 0.2) is 0 Å². The molecule has 0 saturated carbocycles. The molecular formula is C9H12BrNOS. The van der Waals surface area contributed by atoms with Crippen molar-refractivity contribution in [2.45, 2.75) is 25.0 Å². The van der Waals surface area contributed by atoms with Crippen molar-refractivity contribution in [3.05, 3.63) is 20.8 Å². The van der Waals surface area contributed by atoms with Gasteiger partial charge in [-0.25, -0.2) is 0 Å². The predicted octanol–water partition coefficient (Wildman–Crippen LogP) is 2.69. The van der Waals surface area contributed by atoms with E-state index in [4.69, 9.17) is 10.5 Å². The standard InChI is InChI=1S/C9H12BrNOS/c10-7-5-13-4-6(7)9(11)8-2-1-3-12-8/h4-5,8-9H,1-3,11H2. The molecule has 2 unspecified atom stereocenters. The normalized spacial score (nSPS) is 24.9. The molecule has 2 nitrogen and oxygen atoms in total. The van der Waals surface area contributed by atoms with Gasteiger partial charge in [-0.2, -0.15) is 11.3 Å². The smallest absolute Gasteiger partial charge is 0.0769 e. The first-order chi connectivity index (χ1) is 6.29. The van der Waals surface area contributed by atoms with Gasteiger partial charge in [-0.1, -0.05) is 0 Å². The van der Waals surface area contributed by atoms with Gasteiger partial charge in [-0.3, -0.25) is 0 Å². The molecule has 2 atom stereocenters. The van der Waals surface area contributed by atoms with Crippen LogP contribution < -0.4 is 5.73 Å². The molecule has 2 heterocycles. The Bertz CT molecular complexity index is 283. The van der Waals surface area contributed by atoms with Crippen molar-refractivity contribution in [2.75, 3.05) is 6.61 Å². The lowest BCUT2D eigenvalue weighted by molar-refractivity contribution is 0.0900. The predicted molar refractivity (Wildman–Crippen MR) is 57.9 cm³/mol. The molecule has 2 rings (SSSR count). The first-order valence-corrected chi connectivity index (χ1v) is 6.11. The average Bonchev–Trinajstić information content (AvgIpc) is 2.72. The van der Waals surface area contributed by atoms with Crippen LogP contribution in [0.5, 0.6) is 0 Å². The van der Waals surface area contributed by atoms with E-state index in [9.17, 15) is 0 Å². The Morgan fingerprint density at radius 3 is 3.00 bits per heavy atom. The van der Waals surface area contributed by atoms with Gasteiger partial charge in [0.2, 0.25) is 0 Å². The molecule has 1 aromatic heterocycles. The van der Waals surface area contributed by atoms with Crippen LogP contribution in [0.2, 0.25) is 0 Å². The zero-order valence-electron chi connectivity index (χ0n) is 7.20. The van der Waals surface area contributed by atoms with E-state index in [0.717, 1.165) is 23.9 Å². The highest BCUT2D eigenvalue weighted by Gasteiger charge is 2.25. The fraction of sp³-hybridized carbons (Fsp3) is 0.556. The van der Waals surface area contributed by atoms with Crippen molar-refractivity contribution in [3.8, 4) is 0 Å². The third-order valence-electron chi connectivity index (χ3n) is 2.37. The molecule has 72 valence electrons. The van der Waals surface area contributed by atoms with E-state index < -0.39 is 0 Å². The number of hydrogen-bond donors (Lipinski definition) is 1. The van der Waals surface area contributed by atoms with Gasteiger partial charge in [0.25, 0.3) is 0 Å². The Morgan fingerprint density at radius 1 is 1.62 bits per heavy atom. The fourth-order valence-corrected chi connectivity index (χ4v) is 3.22. The van der Waals surface area contributed by atoms with Crippen LogP contribution >= 0.6 is 27.3 Å². The number of ether oxygens (including phenoxy) is 1. The van der Waals surface area contributed by atoms with E-state index in [2.05, 4.69) is 26.7 Å². The van der Waals surface area contributed by atoms with Gasteiger partial charge in [-0.05, 0) is 39.7 Å². The van der Waals surface area contributed by atoms with Crippen molar-refractivity contribution in [3.63, 3.8) is 0 Å². The molecule has 1 aliphatic rings. The summed E-state index contributed by atoms with van der Waals surface area (Å²) < 4.78 is 6.66. The first kappa shape index (κ1) is 9.65. The highest BCUT2D eigenvalue weighted by Crippen LogP contribution is 2.31. The van der Waals surface area contributed by atoms with Crippen molar-refractivity contribution >= 4 is 27.3 Å². The highest BCUT2D eigenvalue weighted by atomic mass is 79.9. The van der Waals surface area contributed by atoms with Crippen molar-refractivity contribution < 1.29 is 4.74 Å². The molecule has 0 radical (unpaired) electrons. The lowest BCUT2D eigenvalue weighted by Gasteiger charge is -2.17. The van der Waals surface area contributed by atoms with Crippen LogP contribution in [0, 0.1) is 0 Å². The lowest BCUT2D eigenvalue weighted by atomic mass is 10.0. The summed E-state index contributed by atoms with van der Waals surface area (Å²) >= 11 is 5.16. The van der Waals surface area contributed by atoms with Crippen LogP contribution in [-0.2, 0) is 4.74 Å². The maximum atomic E-state index is 6.10. The zero-order chi connectivity index (χ0) is 9.26. The SMILES string of the molecule is NC(c1cscc1Br)C1CCCO1. The maximum Gasteiger partial charge on any atom is 0.0769 e. The monoisotopic (exact) mass is 261 g/mol. The van der Waals surface area contributed by atoms with E-state index in [1.165, 1.54) is 5.56 Å². The molecule has 0 spiro atoms. The molecule has 1 saturated heterocycles. The van der Waals surface area contributed by atoms with Gasteiger partial charge in [0, 0.05) is 16.5 Å². The van der Waals surface area contributed by atoms with Crippen LogP contribution in [0.3, 0.4) is 0 Å². The van der Waals surface area contributed by atoms with Gasteiger partial charge in [0.05, 0.1) is 12.1 Å². The van der Waals surface area contributed by atoms with Gasteiger partial charge in [0.1, 0.15) is 0 Å². The molecule has 4 heteroatoms. The highest BCUT2D eigenvalue weighted by molar-refractivity contribution is 9.10. The zero-order valence-corrected chi connectivity index (χ0v) is 9.61. The Kier molecular flexibility index (Phi) is 3.03. The molecule has 0 bridgehead atoms. The second-order valence-corrected chi connectivity index (χ2v) is 4.85. The number of hydrogen-bond acceptors (Lipinski definition) is 3. The van der Waals surface area contributed by atoms with Crippen LogP contribution in [0.25, 0.3) is 0 Å². The second kappa shape index (κ2) is 4.09. The van der Waals surface area contributed by atoms with Crippen LogP contribution in [-0.4, -0.2) is 12.7 Å². The molecule has 13 heavy (non-hydrogen) atoms. The Morgan fingerprint density at radius 2 is 2.46 bits per heavy atom. The van der Waals surface area contributed by atoms with E-state index in [0.29, 0.717) is 0 Å². The summed E-state index contributed by atoms with van der Waals surface area (Å²) in [7, 11) is 0. The number of thiophene rings is 1. The molecule has 1 fully saturated rings. The lowest BCUT2D eigenvalue weighted by Crippen LogP contribution is -2.25. The summed E-state index contributed by atoms with van der Waals surface area (Å²) in [6, 6.07) is 0.0307. The molecule has 0 aromatic carbocycles. The summed E-state index contributed by atoms with van der Waals surface area (Å²) in [4.78, 5) is 0. The summed E-state index contributed by atoms with van der Waals surface area (Å²) in [5, 5.41) is 4.15. The molecular weight excluding hydrogens is 250 g/mol. The third-order valence-corrected chi connectivity index (χ3v) is 4.12. The summed E-state index contributed by atoms with van der Waals surface area (Å²) in [5.74, 6) is 0. The number of nitrogens with two attached hydrogens (primary N) is 1. The van der Waals surface area contributed by atoms with Gasteiger partial charge < -0.3 is 10.5 Å². The minimum absolute atomic E-state index is 0.0307. The molecule has 1 aromatic rings. The van der Waals surface area contributed by atoms with Crippen LogP contribution in [0.4, 0.5) is 0 Å². The molecule has 0 amide bonds. The van der Waals surface area contributed by atoms with Crippen molar-refractivity contribution in [2.24, 2.45) is 5.73 Å². The van der Waals surface area contributed by atoms with Gasteiger partial charge in [-0.15, -0.1) is 0 Å². The minimum atomic E-state index is 0.0307. The summed E-state index contributed by atoms with van der Waals surface area (Å²) in [6.07, 6.45) is 2.44. The Balaban J connectivity index is 2.12. The number of rotatable bonds is 2. The summed E-state index contributed by atoms with van der Waals surface area (Å²) in [6.45, 7) is 0.861. The third kappa shape index (κ3) is 1.96. The van der Waals surface area contributed by atoms with E-state index in [-0.39, 0.29) is 12.1 Å². The average molecular weight is 262 g/mol. The topological polar surface area (TPSA) is 35.2 Å². The number of halogens is 1. The second-order valence-electron chi connectivity index (χ2n) is 3.25.